The Morgan fingerprint density at radius 1 is 1.53 bits per heavy atom. The van der Waals surface area contributed by atoms with Crippen LogP contribution in [0.1, 0.15) is 32.3 Å². The number of nitrogen functional groups attached to an aromatic ring is 1. The van der Waals surface area contributed by atoms with Crippen LogP contribution in [0.25, 0.3) is 0 Å². The number of pyridine rings is 1. The van der Waals surface area contributed by atoms with Crippen LogP contribution in [0.2, 0.25) is 0 Å². The molecular formula is C12H19N3. The standard InChI is InChI=1S/C12H19N3/c1-9(2)12(6-4-8-15-12)10-5-3-7-14-11(10)13/h3,5,7,9,15H,4,6,8H2,1-2H3,(H2,13,14). The maximum absolute atomic E-state index is 5.97. The lowest BCUT2D eigenvalue weighted by atomic mass is 9.79. The molecule has 2 rings (SSSR count). The molecule has 0 amide bonds. The summed E-state index contributed by atoms with van der Waals surface area (Å²) in [6, 6.07) is 4.07. The second-order valence-corrected chi connectivity index (χ2v) is 4.59. The molecule has 1 saturated heterocycles. The molecule has 3 N–H and O–H groups in total. The molecule has 0 bridgehead atoms. The molecular weight excluding hydrogens is 186 g/mol. The van der Waals surface area contributed by atoms with Crippen LogP contribution in [0.4, 0.5) is 5.82 Å². The fraction of sp³-hybridized carbons (Fsp3) is 0.583. The molecule has 0 radical (unpaired) electrons. The van der Waals surface area contributed by atoms with Crippen LogP contribution in [0.15, 0.2) is 18.3 Å². The van der Waals surface area contributed by atoms with Crippen molar-refractivity contribution in [3.63, 3.8) is 0 Å². The molecule has 3 heteroatoms. The highest BCUT2D eigenvalue weighted by atomic mass is 15.0. The Balaban J connectivity index is 2.46. The lowest BCUT2D eigenvalue weighted by molar-refractivity contribution is 0.278. The first kappa shape index (κ1) is 10.4. The van der Waals surface area contributed by atoms with E-state index in [2.05, 4.69) is 30.2 Å². The molecule has 0 aliphatic carbocycles. The lowest BCUT2D eigenvalue weighted by Gasteiger charge is -2.35. The normalized spacial score (nSPS) is 26.1. The van der Waals surface area contributed by atoms with Crippen LogP contribution in [0.5, 0.6) is 0 Å². The minimum absolute atomic E-state index is 0.0400. The minimum Gasteiger partial charge on any atom is -0.383 e. The van der Waals surface area contributed by atoms with Gasteiger partial charge in [-0.05, 0) is 31.4 Å². The van der Waals surface area contributed by atoms with Gasteiger partial charge in [-0.25, -0.2) is 4.98 Å². The summed E-state index contributed by atoms with van der Waals surface area (Å²) in [5.41, 5.74) is 7.18. The van der Waals surface area contributed by atoms with E-state index < -0.39 is 0 Å². The zero-order chi connectivity index (χ0) is 10.9. The largest absolute Gasteiger partial charge is 0.383 e. The number of hydrogen-bond acceptors (Lipinski definition) is 3. The van der Waals surface area contributed by atoms with Crippen LogP contribution >= 0.6 is 0 Å². The van der Waals surface area contributed by atoms with Gasteiger partial charge in [0.15, 0.2) is 0 Å². The Labute approximate surface area is 91.1 Å². The second kappa shape index (κ2) is 3.81. The lowest BCUT2D eigenvalue weighted by Crippen LogP contribution is -2.42. The SMILES string of the molecule is CC(C)C1(c2cccnc2N)CCCN1. The first-order chi connectivity index (χ1) is 7.17. The van der Waals surface area contributed by atoms with Crippen molar-refractivity contribution in [3.8, 4) is 0 Å². The van der Waals surface area contributed by atoms with E-state index in [0.29, 0.717) is 11.7 Å². The Kier molecular flexibility index (Phi) is 2.65. The molecule has 0 aromatic carbocycles. The van der Waals surface area contributed by atoms with Gasteiger partial charge in [0.2, 0.25) is 0 Å². The fourth-order valence-corrected chi connectivity index (χ4v) is 2.60. The molecule has 15 heavy (non-hydrogen) atoms. The van der Waals surface area contributed by atoms with Gasteiger partial charge >= 0.3 is 0 Å². The Hall–Kier alpha value is -1.09. The smallest absolute Gasteiger partial charge is 0.128 e. The maximum atomic E-state index is 5.97. The first-order valence-electron chi connectivity index (χ1n) is 5.63. The highest BCUT2D eigenvalue weighted by Crippen LogP contribution is 2.39. The third-order valence-corrected chi connectivity index (χ3v) is 3.49. The number of nitrogens with two attached hydrogens (primary N) is 1. The number of hydrogen-bond donors (Lipinski definition) is 2. The van der Waals surface area contributed by atoms with E-state index in [1.54, 1.807) is 6.20 Å². The van der Waals surface area contributed by atoms with Crippen LogP contribution < -0.4 is 11.1 Å². The summed E-state index contributed by atoms with van der Waals surface area (Å²) in [6.45, 7) is 5.56. The molecule has 1 aromatic heterocycles. The predicted octanol–water partition coefficient (Wildman–Crippen LogP) is 1.90. The molecule has 82 valence electrons. The van der Waals surface area contributed by atoms with Crippen LogP contribution in [0.3, 0.4) is 0 Å². The van der Waals surface area contributed by atoms with Crippen molar-refractivity contribution in [1.82, 2.24) is 10.3 Å². The monoisotopic (exact) mass is 205 g/mol. The molecule has 1 aromatic rings. The zero-order valence-electron chi connectivity index (χ0n) is 9.46. The highest BCUT2D eigenvalue weighted by Gasteiger charge is 2.39. The van der Waals surface area contributed by atoms with Gasteiger partial charge in [-0.15, -0.1) is 0 Å². The van der Waals surface area contributed by atoms with Gasteiger partial charge < -0.3 is 11.1 Å². The van der Waals surface area contributed by atoms with E-state index in [9.17, 15) is 0 Å². The van der Waals surface area contributed by atoms with Crippen molar-refractivity contribution in [2.24, 2.45) is 5.92 Å². The number of nitrogens with zero attached hydrogens (tertiary/aromatic N) is 1. The quantitative estimate of drug-likeness (QED) is 0.775. The molecule has 0 spiro atoms. The molecule has 2 heterocycles. The van der Waals surface area contributed by atoms with E-state index in [-0.39, 0.29) is 5.54 Å². The number of aromatic nitrogens is 1. The van der Waals surface area contributed by atoms with Crippen molar-refractivity contribution in [1.29, 1.82) is 0 Å². The average molecular weight is 205 g/mol. The van der Waals surface area contributed by atoms with Gasteiger partial charge in [0, 0.05) is 17.3 Å². The summed E-state index contributed by atoms with van der Waals surface area (Å²) in [7, 11) is 0. The van der Waals surface area contributed by atoms with Crippen LogP contribution in [-0.4, -0.2) is 11.5 Å². The summed E-state index contributed by atoms with van der Waals surface area (Å²) in [5, 5.41) is 3.61. The average Bonchev–Trinajstić information content (AvgIpc) is 2.68. The second-order valence-electron chi connectivity index (χ2n) is 4.59. The van der Waals surface area contributed by atoms with E-state index in [1.807, 2.05) is 6.07 Å². The number of nitrogens with one attached hydrogen (secondary N) is 1. The van der Waals surface area contributed by atoms with E-state index in [0.717, 1.165) is 18.5 Å². The van der Waals surface area contributed by atoms with Gasteiger partial charge in [-0.1, -0.05) is 19.9 Å². The molecule has 1 atom stereocenters. The third-order valence-electron chi connectivity index (χ3n) is 3.49. The Morgan fingerprint density at radius 2 is 2.33 bits per heavy atom. The summed E-state index contributed by atoms with van der Waals surface area (Å²) in [6.07, 6.45) is 4.12. The minimum atomic E-state index is 0.0400. The highest BCUT2D eigenvalue weighted by molar-refractivity contribution is 5.44. The zero-order valence-corrected chi connectivity index (χ0v) is 9.46. The van der Waals surface area contributed by atoms with Crippen molar-refractivity contribution >= 4 is 5.82 Å². The van der Waals surface area contributed by atoms with Gasteiger partial charge in [-0.3, -0.25) is 0 Å². The Morgan fingerprint density at radius 3 is 2.87 bits per heavy atom. The predicted molar refractivity (Wildman–Crippen MR) is 62.4 cm³/mol. The topological polar surface area (TPSA) is 50.9 Å². The summed E-state index contributed by atoms with van der Waals surface area (Å²) < 4.78 is 0. The van der Waals surface area contributed by atoms with Crippen molar-refractivity contribution in [3.05, 3.63) is 23.9 Å². The maximum Gasteiger partial charge on any atom is 0.128 e. The molecule has 1 aliphatic heterocycles. The molecule has 1 aliphatic rings. The summed E-state index contributed by atoms with van der Waals surface area (Å²) in [5.74, 6) is 1.20. The van der Waals surface area contributed by atoms with Gasteiger partial charge in [0.05, 0.1) is 0 Å². The van der Waals surface area contributed by atoms with Crippen molar-refractivity contribution in [2.75, 3.05) is 12.3 Å². The molecule has 1 fully saturated rings. The van der Waals surface area contributed by atoms with Gasteiger partial charge in [-0.2, -0.15) is 0 Å². The van der Waals surface area contributed by atoms with Gasteiger partial charge in [0.1, 0.15) is 5.82 Å². The summed E-state index contributed by atoms with van der Waals surface area (Å²) in [4.78, 5) is 4.19. The number of anilines is 1. The van der Waals surface area contributed by atoms with E-state index in [4.69, 9.17) is 5.73 Å². The first-order valence-corrected chi connectivity index (χ1v) is 5.63. The van der Waals surface area contributed by atoms with Gasteiger partial charge in [0.25, 0.3) is 0 Å². The van der Waals surface area contributed by atoms with Crippen LogP contribution in [0, 0.1) is 5.92 Å². The number of rotatable bonds is 2. The molecule has 1 unspecified atom stereocenters. The van der Waals surface area contributed by atoms with Crippen molar-refractivity contribution in [2.45, 2.75) is 32.2 Å². The Bertz CT molecular complexity index is 340. The van der Waals surface area contributed by atoms with E-state index >= 15 is 0 Å². The molecule has 0 saturated carbocycles. The van der Waals surface area contributed by atoms with Crippen molar-refractivity contribution < 1.29 is 0 Å². The fourth-order valence-electron chi connectivity index (χ4n) is 2.60. The van der Waals surface area contributed by atoms with E-state index in [1.165, 1.54) is 6.42 Å². The molecule has 3 nitrogen and oxygen atoms in total. The third kappa shape index (κ3) is 1.61. The summed E-state index contributed by atoms with van der Waals surface area (Å²) >= 11 is 0. The van der Waals surface area contributed by atoms with Crippen LogP contribution in [-0.2, 0) is 5.54 Å².